The Kier molecular flexibility index (Phi) is 4.92. The first-order chi connectivity index (χ1) is 11.1. The zero-order valence-corrected chi connectivity index (χ0v) is 14.4. The molecule has 1 N–H and O–H groups in total. The Balaban J connectivity index is 1.51. The number of hydrogen-bond donors (Lipinski definition) is 1. The minimum absolute atomic E-state index is 0.0336. The van der Waals surface area contributed by atoms with E-state index in [9.17, 15) is 9.59 Å². The van der Waals surface area contributed by atoms with Crippen LogP contribution in [0.4, 0.5) is 5.13 Å². The molecule has 2 aromatic heterocycles. The summed E-state index contributed by atoms with van der Waals surface area (Å²) in [6.07, 6.45) is 1.79. The van der Waals surface area contributed by atoms with Gasteiger partial charge in [0.15, 0.2) is 5.13 Å². The summed E-state index contributed by atoms with van der Waals surface area (Å²) in [5, 5.41) is 7.57. The highest BCUT2D eigenvalue weighted by Crippen LogP contribution is 2.19. The number of aromatic nitrogens is 1. The average Bonchev–Trinajstić information content (AvgIpc) is 3.27. The molecule has 0 radical (unpaired) electrons. The minimum atomic E-state index is -0.518. The normalized spacial score (nSPS) is 16.2. The predicted octanol–water partition coefficient (Wildman–Crippen LogP) is 1.67. The fourth-order valence-corrected chi connectivity index (χ4v) is 3.82. The fourth-order valence-electron chi connectivity index (χ4n) is 2.50. The van der Waals surface area contributed by atoms with Crippen LogP contribution in [0.3, 0.4) is 0 Å². The van der Waals surface area contributed by atoms with E-state index in [0.29, 0.717) is 18.0 Å². The highest BCUT2D eigenvalue weighted by molar-refractivity contribution is 7.13. The molecule has 0 unspecified atom stereocenters. The van der Waals surface area contributed by atoms with Crippen molar-refractivity contribution >= 4 is 39.6 Å². The van der Waals surface area contributed by atoms with E-state index >= 15 is 0 Å². The van der Waals surface area contributed by atoms with Crippen LogP contribution in [0.1, 0.15) is 16.6 Å². The number of amides is 2. The monoisotopic (exact) mass is 350 g/mol. The molecule has 2 aromatic rings. The van der Waals surface area contributed by atoms with Gasteiger partial charge in [-0.25, -0.2) is 4.98 Å². The lowest BCUT2D eigenvalue weighted by molar-refractivity contribution is -0.133. The maximum atomic E-state index is 12.5. The van der Waals surface area contributed by atoms with Crippen LogP contribution in [0.15, 0.2) is 29.1 Å². The molecule has 122 valence electrons. The van der Waals surface area contributed by atoms with Crippen molar-refractivity contribution in [2.24, 2.45) is 0 Å². The largest absolute Gasteiger partial charge is 0.345 e. The maximum absolute atomic E-state index is 12.5. The lowest BCUT2D eigenvalue weighted by Gasteiger charge is -2.35. The topological polar surface area (TPSA) is 65.5 Å². The molecule has 3 heterocycles. The van der Waals surface area contributed by atoms with Gasteiger partial charge in [0.2, 0.25) is 5.91 Å². The summed E-state index contributed by atoms with van der Waals surface area (Å²) in [6.45, 7) is 4.58. The van der Waals surface area contributed by atoms with Gasteiger partial charge in [0.05, 0.1) is 4.88 Å². The number of carbonyl (C=O) groups is 2. The second-order valence-corrected chi connectivity index (χ2v) is 7.12. The number of thiophene rings is 1. The van der Waals surface area contributed by atoms with Crippen molar-refractivity contribution in [1.29, 1.82) is 0 Å². The first-order valence-corrected chi connectivity index (χ1v) is 9.18. The van der Waals surface area contributed by atoms with Crippen molar-refractivity contribution in [2.75, 3.05) is 31.1 Å². The minimum Gasteiger partial charge on any atom is -0.345 e. The lowest BCUT2D eigenvalue weighted by atomic mass is 10.2. The molecule has 0 bridgehead atoms. The molecule has 6 nitrogen and oxygen atoms in total. The molecule has 1 aliphatic heterocycles. The number of carbonyl (C=O) groups excluding carboxylic acids is 2. The molecular formula is C15H18N4O2S2. The zero-order chi connectivity index (χ0) is 16.2. The lowest BCUT2D eigenvalue weighted by Crippen LogP contribution is -2.54. The Morgan fingerprint density at radius 3 is 2.61 bits per heavy atom. The van der Waals surface area contributed by atoms with E-state index in [1.807, 2.05) is 21.7 Å². The molecule has 23 heavy (non-hydrogen) atoms. The van der Waals surface area contributed by atoms with Crippen LogP contribution in [-0.4, -0.2) is 53.9 Å². The molecule has 2 amide bonds. The van der Waals surface area contributed by atoms with Gasteiger partial charge in [-0.2, -0.15) is 0 Å². The summed E-state index contributed by atoms with van der Waals surface area (Å²) in [4.78, 5) is 33.4. The van der Waals surface area contributed by atoms with Gasteiger partial charge in [-0.05, 0) is 18.4 Å². The Bertz CT molecular complexity index is 649. The number of nitrogens with zero attached hydrogens (tertiary/aromatic N) is 3. The molecule has 0 saturated carbocycles. The Morgan fingerprint density at radius 2 is 2.00 bits per heavy atom. The summed E-state index contributed by atoms with van der Waals surface area (Å²) in [5.74, 6) is -0.226. The Hall–Kier alpha value is -1.93. The number of anilines is 1. The van der Waals surface area contributed by atoms with Crippen LogP contribution in [0.2, 0.25) is 0 Å². The molecule has 0 aromatic carbocycles. The molecule has 0 aliphatic carbocycles. The number of piperazine rings is 1. The molecule has 1 fully saturated rings. The van der Waals surface area contributed by atoms with Gasteiger partial charge in [-0.3, -0.25) is 9.59 Å². The third-order valence-corrected chi connectivity index (χ3v) is 5.44. The number of hydrogen-bond acceptors (Lipinski definition) is 6. The SMILES string of the molecule is C[C@H](NC(=O)c1cccs1)C(=O)N1CCN(c2nccs2)CC1. The third-order valence-electron chi connectivity index (χ3n) is 3.74. The van der Waals surface area contributed by atoms with Gasteiger partial charge >= 0.3 is 0 Å². The molecule has 8 heteroatoms. The summed E-state index contributed by atoms with van der Waals surface area (Å²) >= 11 is 2.98. The maximum Gasteiger partial charge on any atom is 0.261 e. The quantitative estimate of drug-likeness (QED) is 0.911. The molecule has 0 spiro atoms. The molecule has 3 rings (SSSR count). The second-order valence-electron chi connectivity index (χ2n) is 5.30. The Labute approximate surface area is 142 Å². The fraction of sp³-hybridized carbons (Fsp3) is 0.400. The second kappa shape index (κ2) is 7.10. The van der Waals surface area contributed by atoms with Crippen molar-refractivity contribution in [3.8, 4) is 0 Å². The van der Waals surface area contributed by atoms with Crippen molar-refractivity contribution in [2.45, 2.75) is 13.0 Å². The average molecular weight is 350 g/mol. The van der Waals surface area contributed by atoms with Crippen molar-refractivity contribution in [3.05, 3.63) is 34.0 Å². The van der Waals surface area contributed by atoms with E-state index in [4.69, 9.17) is 0 Å². The van der Waals surface area contributed by atoms with E-state index in [1.165, 1.54) is 11.3 Å². The summed E-state index contributed by atoms with van der Waals surface area (Å²) in [7, 11) is 0. The van der Waals surface area contributed by atoms with Crippen LogP contribution in [-0.2, 0) is 4.79 Å². The first-order valence-electron chi connectivity index (χ1n) is 7.43. The Morgan fingerprint density at radius 1 is 1.22 bits per heavy atom. The zero-order valence-electron chi connectivity index (χ0n) is 12.8. The molecule has 1 saturated heterocycles. The van der Waals surface area contributed by atoms with Crippen molar-refractivity contribution in [1.82, 2.24) is 15.2 Å². The van der Waals surface area contributed by atoms with E-state index in [0.717, 1.165) is 18.2 Å². The summed E-state index contributed by atoms with van der Waals surface area (Å²) in [5.41, 5.74) is 0. The standard InChI is InChI=1S/C15H18N4O2S2/c1-11(17-13(20)12-3-2-9-22-12)14(21)18-5-7-19(8-6-18)15-16-4-10-23-15/h2-4,9-11H,5-8H2,1H3,(H,17,20)/t11-/m0/s1. The van der Waals surface area contributed by atoms with Gasteiger partial charge in [-0.15, -0.1) is 22.7 Å². The van der Waals surface area contributed by atoms with E-state index in [2.05, 4.69) is 15.2 Å². The van der Waals surface area contributed by atoms with E-state index < -0.39 is 6.04 Å². The summed E-state index contributed by atoms with van der Waals surface area (Å²) in [6, 6.07) is 3.06. The highest BCUT2D eigenvalue weighted by Gasteiger charge is 2.26. The van der Waals surface area contributed by atoms with Gasteiger partial charge in [0.1, 0.15) is 6.04 Å². The van der Waals surface area contributed by atoms with Gasteiger partial charge in [-0.1, -0.05) is 6.07 Å². The van der Waals surface area contributed by atoms with Crippen LogP contribution >= 0.6 is 22.7 Å². The molecule has 1 atom stereocenters. The number of thiazole rings is 1. The smallest absolute Gasteiger partial charge is 0.261 e. The number of nitrogens with one attached hydrogen (secondary N) is 1. The van der Waals surface area contributed by atoms with E-state index in [1.54, 1.807) is 30.5 Å². The third kappa shape index (κ3) is 3.70. The summed E-state index contributed by atoms with van der Waals surface area (Å²) < 4.78 is 0. The van der Waals surface area contributed by atoms with Crippen LogP contribution < -0.4 is 10.2 Å². The predicted molar refractivity (Wildman–Crippen MR) is 92.2 cm³/mol. The van der Waals surface area contributed by atoms with E-state index in [-0.39, 0.29) is 11.8 Å². The number of rotatable bonds is 4. The van der Waals surface area contributed by atoms with Crippen LogP contribution in [0.5, 0.6) is 0 Å². The van der Waals surface area contributed by atoms with Gasteiger partial charge in [0.25, 0.3) is 5.91 Å². The van der Waals surface area contributed by atoms with Crippen molar-refractivity contribution < 1.29 is 9.59 Å². The molecular weight excluding hydrogens is 332 g/mol. The van der Waals surface area contributed by atoms with Crippen LogP contribution in [0.25, 0.3) is 0 Å². The first kappa shape index (κ1) is 15.9. The van der Waals surface area contributed by atoms with Gasteiger partial charge in [0, 0.05) is 37.8 Å². The highest BCUT2D eigenvalue weighted by atomic mass is 32.1. The van der Waals surface area contributed by atoms with Gasteiger partial charge < -0.3 is 15.1 Å². The van der Waals surface area contributed by atoms with Crippen molar-refractivity contribution in [3.63, 3.8) is 0 Å². The van der Waals surface area contributed by atoms with Crippen LogP contribution in [0, 0.1) is 0 Å². The molecule has 1 aliphatic rings.